The fraction of sp³-hybridized carbons (Fsp3) is 0.600. The number of rotatable bonds is 5. The summed E-state index contributed by atoms with van der Waals surface area (Å²) in [5.41, 5.74) is 1.83. The van der Waals surface area contributed by atoms with Crippen LogP contribution in [0.3, 0.4) is 0 Å². The van der Waals surface area contributed by atoms with Crippen molar-refractivity contribution in [1.29, 1.82) is 0 Å². The Labute approximate surface area is 159 Å². The molecular formula is C20H34N4OSi. The second-order valence-electron chi connectivity index (χ2n) is 9.44. The highest BCUT2D eigenvalue weighted by Crippen LogP contribution is 2.37. The second-order valence-corrected chi connectivity index (χ2v) is 14.3. The summed E-state index contributed by atoms with van der Waals surface area (Å²) in [6.07, 6.45) is 0. The van der Waals surface area contributed by atoms with Gasteiger partial charge in [-0.25, -0.2) is 9.67 Å². The molecule has 2 aromatic rings. The maximum absolute atomic E-state index is 6.30. The van der Waals surface area contributed by atoms with Crippen LogP contribution in [-0.4, -0.2) is 23.1 Å². The monoisotopic (exact) mass is 374 g/mol. The molecule has 0 unspecified atom stereocenters. The Morgan fingerprint density at radius 3 is 2.35 bits per heavy atom. The summed E-state index contributed by atoms with van der Waals surface area (Å²) in [5, 5.41) is 8.21. The van der Waals surface area contributed by atoms with E-state index in [9.17, 15) is 0 Å². The van der Waals surface area contributed by atoms with Crippen LogP contribution in [0.5, 0.6) is 0 Å². The Bertz CT molecular complexity index is 754. The molecule has 0 aliphatic rings. The van der Waals surface area contributed by atoms with Crippen molar-refractivity contribution >= 4 is 20.0 Å². The van der Waals surface area contributed by atoms with Crippen molar-refractivity contribution in [2.24, 2.45) is 0 Å². The minimum Gasteiger partial charge on any atom is -0.411 e. The second kappa shape index (κ2) is 7.16. The van der Waals surface area contributed by atoms with Gasteiger partial charge in [0.15, 0.2) is 8.32 Å². The van der Waals surface area contributed by atoms with E-state index in [0.29, 0.717) is 6.61 Å². The third-order valence-electron chi connectivity index (χ3n) is 4.92. The SMILES string of the molecule is Cc1cc(Nc2cccc(CO[Si](C)(C)C(C)(C)C)n2)n(C(C)(C)C)n1. The van der Waals surface area contributed by atoms with Crippen LogP contribution in [0.4, 0.5) is 11.6 Å². The van der Waals surface area contributed by atoms with E-state index in [1.807, 2.05) is 35.9 Å². The number of hydrogen-bond acceptors (Lipinski definition) is 4. The fourth-order valence-corrected chi connectivity index (χ4v) is 3.27. The first-order valence-electron chi connectivity index (χ1n) is 9.24. The van der Waals surface area contributed by atoms with Crippen molar-refractivity contribution in [1.82, 2.24) is 14.8 Å². The van der Waals surface area contributed by atoms with E-state index in [-0.39, 0.29) is 10.6 Å². The number of nitrogens with one attached hydrogen (secondary N) is 1. The minimum absolute atomic E-state index is 0.0976. The Morgan fingerprint density at radius 1 is 1.12 bits per heavy atom. The molecule has 0 fully saturated rings. The smallest absolute Gasteiger partial charge is 0.192 e. The molecule has 0 aromatic carbocycles. The van der Waals surface area contributed by atoms with Gasteiger partial charge in [-0.05, 0) is 58.0 Å². The van der Waals surface area contributed by atoms with E-state index in [1.165, 1.54) is 0 Å². The fourth-order valence-electron chi connectivity index (χ4n) is 2.33. The quantitative estimate of drug-likeness (QED) is 0.691. The lowest BCUT2D eigenvalue weighted by Crippen LogP contribution is -2.40. The third kappa shape index (κ3) is 4.95. The van der Waals surface area contributed by atoms with Crippen LogP contribution < -0.4 is 5.32 Å². The summed E-state index contributed by atoms with van der Waals surface area (Å²) in [7, 11) is -1.78. The molecule has 26 heavy (non-hydrogen) atoms. The van der Waals surface area contributed by atoms with Crippen LogP contribution in [0.1, 0.15) is 52.9 Å². The molecule has 0 aliphatic carbocycles. The van der Waals surface area contributed by atoms with Gasteiger partial charge in [-0.3, -0.25) is 0 Å². The number of hydrogen-bond donors (Lipinski definition) is 1. The largest absolute Gasteiger partial charge is 0.411 e. The van der Waals surface area contributed by atoms with Crippen LogP contribution in [0.15, 0.2) is 24.3 Å². The maximum Gasteiger partial charge on any atom is 0.192 e. The molecule has 144 valence electrons. The van der Waals surface area contributed by atoms with E-state index in [4.69, 9.17) is 9.41 Å². The molecule has 0 aliphatic heterocycles. The first kappa shape index (κ1) is 20.6. The average Bonchev–Trinajstić information content (AvgIpc) is 2.85. The predicted octanol–water partition coefficient (Wildman–Crippen LogP) is 5.61. The van der Waals surface area contributed by atoms with Crippen molar-refractivity contribution < 1.29 is 4.43 Å². The van der Waals surface area contributed by atoms with E-state index in [0.717, 1.165) is 23.0 Å². The summed E-state index contributed by atoms with van der Waals surface area (Å²) in [6, 6.07) is 8.06. The molecule has 6 heteroatoms. The number of aromatic nitrogens is 3. The van der Waals surface area contributed by atoms with E-state index < -0.39 is 8.32 Å². The highest BCUT2D eigenvalue weighted by atomic mass is 28.4. The Hall–Kier alpha value is -1.66. The van der Waals surface area contributed by atoms with E-state index in [2.05, 4.69) is 65.1 Å². The van der Waals surface area contributed by atoms with Crippen LogP contribution >= 0.6 is 0 Å². The van der Waals surface area contributed by atoms with Gasteiger partial charge in [0.25, 0.3) is 0 Å². The molecule has 0 atom stereocenters. The molecule has 2 aromatic heterocycles. The molecule has 5 nitrogen and oxygen atoms in total. The number of anilines is 2. The highest BCUT2D eigenvalue weighted by molar-refractivity contribution is 6.74. The Balaban J connectivity index is 2.16. The molecule has 2 heterocycles. The summed E-state index contributed by atoms with van der Waals surface area (Å²) >= 11 is 0. The molecule has 2 rings (SSSR count). The van der Waals surface area contributed by atoms with Gasteiger partial charge in [-0.15, -0.1) is 0 Å². The van der Waals surface area contributed by atoms with Crippen molar-refractivity contribution in [3.8, 4) is 0 Å². The summed E-state index contributed by atoms with van der Waals surface area (Å²) in [4.78, 5) is 4.73. The van der Waals surface area contributed by atoms with Crippen molar-refractivity contribution in [2.45, 2.75) is 78.7 Å². The Kier molecular flexibility index (Phi) is 5.68. The van der Waals surface area contributed by atoms with E-state index >= 15 is 0 Å². The normalized spacial score (nSPS) is 13.1. The summed E-state index contributed by atoms with van der Waals surface area (Å²) in [5.74, 6) is 1.76. The standard InChI is InChI=1S/C20H34N4OSi/c1-15-13-18(24(23-15)19(2,3)4)22-17-12-10-11-16(21-17)14-25-26(8,9)20(5,6)7/h10-13H,14H2,1-9H3,(H,21,22). The first-order valence-corrected chi connectivity index (χ1v) is 12.1. The van der Waals surface area contributed by atoms with Crippen molar-refractivity contribution in [3.63, 3.8) is 0 Å². The van der Waals surface area contributed by atoms with Gasteiger partial charge < -0.3 is 9.74 Å². The van der Waals surface area contributed by atoms with Crippen LogP contribution in [0.25, 0.3) is 0 Å². The van der Waals surface area contributed by atoms with Gasteiger partial charge in [0.05, 0.1) is 23.5 Å². The lowest BCUT2D eigenvalue weighted by molar-refractivity contribution is 0.272. The molecule has 0 saturated carbocycles. The molecule has 0 amide bonds. The third-order valence-corrected chi connectivity index (χ3v) is 9.40. The molecule has 0 saturated heterocycles. The highest BCUT2D eigenvalue weighted by Gasteiger charge is 2.37. The van der Waals surface area contributed by atoms with Gasteiger partial charge in [0, 0.05) is 6.07 Å². The minimum atomic E-state index is -1.78. The van der Waals surface area contributed by atoms with Crippen molar-refractivity contribution in [2.75, 3.05) is 5.32 Å². The lowest BCUT2D eigenvalue weighted by Gasteiger charge is -2.36. The maximum atomic E-state index is 6.30. The molecule has 0 radical (unpaired) electrons. The predicted molar refractivity (Wildman–Crippen MR) is 111 cm³/mol. The number of nitrogens with zero attached hydrogens (tertiary/aromatic N) is 3. The number of aryl methyl sites for hydroxylation is 1. The zero-order chi connectivity index (χ0) is 19.8. The Morgan fingerprint density at radius 2 is 1.77 bits per heavy atom. The summed E-state index contributed by atoms with van der Waals surface area (Å²) < 4.78 is 8.30. The zero-order valence-electron chi connectivity index (χ0n) is 17.8. The van der Waals surface area contributed by atoms with Crippen LogP contribution in [0.2, 0.25) is 18.1 Å². The van der Waals surface area contributed by atoms with Crippen LogP contribution in [0, 0.1) is 6.92 Å². The van der Waals surface area contributed by atoms with Gasteiger partial charge >= 0.3 is 0 Å². The molecular weight excluding hydrogens is 340 g/mol. The van der Waals surface area contributed by atoms with Gasteiger partial charge in [0.2, 0.25) is 0 Å². The molecule has 1 N–H and O–H groups in total. The van der Waals surface area contributed by atoms with Gasteiger partial charge in [-0.1, -0.05) is 26.8 Å². The zero-order valence-corrected chi connectivity index (χ0v) is 18.8. The number of pyridine rings is 1. The average molecular weight is 375 g/mol. The lowest BCUT2D eigenvalue weighted by atomic mass is 10.1. The van der Waals surface area contributed by atoms with Gasteiger partial charge in [0.1, 0.15) is 11.6 Å². The van der Waals surface area contributed by atoms with E-state index in [1.54, 1.807) is 0 Å². The molecule has 0 bridgehead atoms. The van der Waals surface area contributed by atoms with Crippen LogP contribution in [-0.2, 0) is 16.6 Å². The summed E-state index contributed by atoms with van der Waals surface area (Å²) in [6.45, 7) is 20.2. The molecule has 0 spiro atoms. The first-order chi connectivity index (χ1) is 11.8. The van der Waals surface area contributed by atoms with Gasteiger partial charge in [-0.2, -0.15) is 5.10 Å². The topological polar surface area (TPSA) is 52.0 Å². The van der Waals surface area contributed by atoms with Crippen molar-refractivity contribution in [3.05, 3.63) is 35.7 Å².